The summed E-state index contributed by atoms with van der Waals surface area (Å²) in [5.74, 6) is -4.29. The van der Waals surface area contributed by atoms with Crippen LogP contribution in [-0.4, -0.2) is 14.5 Å². The van der Waals surface area contributed by atoms with E-state index in [1.165, 1.54) is 24.3 Å². The van der Waals surface area contributed by atoms with Crippen molar-refractivity contribution in [2.24, 2.45) is 0 Å². The second-order valence-corrected chi connectivity index (χ2v) is 3.47. The third kappa shape index (κ3) is 2.86. The maximum absolute atomic E-state index is 13.1. The molecule has 1 N–H and O–H groups in total. The summed E-state index contributed by atoms with van der Waals surface area (Å²) in [6, 6.07) is 6.99. The highest BCUT2D eigenvalue weighted by Gasteiger charge is 2.33. The van der Waals surface area contributed by atoms with Crippen molar-refractivity contribution < 1.29 is 17.5 Å². The molecule has 1 rings (SSSR count). The molecule has 0 radical (unpaired) electrons. The Kier molecular flexibility index (Phi) is 3.11. The van der Waals surface area contributed by atoms with Crippen molar-refractivity contribution in [2.45, 2.75) is 5.92 Å². The van der Waals surface area contributed by atoms with E-state index in [0.717, 1.165) is 0 Å². The summed E-state index contributed by atoms with van der Waals surface area (Å²) in [4.78, 5) is 0. The van der Waals surface area contributed by atoms with Crippen molar-refractivity contribution in [3.05, 3.63) is 35.9 Å². The quantitative estimate of drug-likeness (QED) is 0.768. The van der Waals surface area contributed by atoms with Crippen LogP contribution in [0, 0.1) is 0 Å². The van der Waals surface area contributed by atoms with E-state index in [2.05, 4.69) is 0 Å². The molecule has 0 aliphatic heterocycles. The minimum absolute atomic E-state index is 0.239. The molecule has 0 aliphatic rings. The number of hydrogen-bond acceptors (Lipinski definition) is 1. The first-order chi connectivity index (χ1) is 6.02. The van der Waals surface area contributed by atoms with Gasteiger partial charge in [-0.3, -0.25) is 0 Å². The molecule has 0 aromatic heterocycles. The zero-order valence-electron chi connectivity index (χ0n) is 6.61. The lowest BCUT2D eigenvalue weighted by Gasteiger charge is -2.13. The lowest BCUT2D eigenvalue weighted by Crippen LogP contribution is -2.21. The van der Waals surface area contributed by atoms with Gasteiger partial charge in [-0.15, -0.1) is 0 Å². The molecular formula is C8H8F2O2S. The highest BCUT2D eigenvalue weighted by Crippen LogP contribution is 2.27. The van der Waals surface area contributed by atoms with Crippen LogP contribution in [0.3, 0.4) is 0 Å². The summed E-state index contributed by atoms with van der Waals surface area (Å²) in [5.41, 5.74) is -0.239. The summed E-state index contributed by atoms with van der Waals surface area (Å²) in [7, 11) is 0. The van der Waals surface area contributed by atoms with Gasteiger partial charge < -0.3 is 4.55 Å². The summed E-state index contributed by atoms with van der Waals surface area (Å²) >= 11 is -2.49. The first kappa shape index (κ1) is 10.3. The lowest BCUT2D eigenvalue weighted by atomic mass is 10.1. The third-order valence-corrected chi connectivity index (χ3v) is 2.11. The fourth-order valence-corrected chi connectivity index (χ4v) is 1.40. The molecule has 2 nitrogen and oxygen atoms in total. The van der Waals surface area contributed by atoms with Crippen molar-refractivity contribution in [2.75, 3.05) is 5.75 Å². The van der Waals surface area contributed by atoms with Gasteiger partial charge in [-0.1, -0.05) is 30.3 Å². The Labute approximate surface area is 76.9 Å². The van der Waals surface area contributed by atoms with Gasteiger partial charge in [0.15, 0.2) is 11.1 Å². The van der Waals surface area contributed by atoms with Crippen molar-refractivity contribution in [3.8, 4) is 0 Å². The molecule has 1 aromatic carbocycles. The fourth-order valence-electron chi connectivity index (χ4n) is 0.920. The van der Waals surface area contributed by atoms with Crippen LogP contribution in [0.1, 0.15) is 5.56 Å². The molecule has 1 atom stereocenters. The standard InChI is InChI=1S/C8H8F2O2S/c9-8(10,6-13(11)12)7-4-2-1-3-5-7/h1-5H,6H2,(H,11,12). The van der Waals surface area contributed by atoms with Gasteiger partial charge in [-0.2, -0.15) is 0 Å². The molecule has 0 spiro atoms. The molecule has 0 aliphatic carbocycles. The summed E-state index contributed by atoms with van der Waals surface area (Å²) in [6.45, 7) is 0. The highest BCUT2D eigenvalue weighted by molar-refractivity contribution is 7.79. The van der Waals surface area contributed by atoms with Crippen molar-refractivity contribution in [1.29, 1.82) is 0 Å². The zero-order valence-corrected chi connectivity index (χ0v) is 7.43. The number of rotatable bonds is 3. The van der Waals surface area contributed by atoms with Crippen LogP contribution in [0.5, 0.6) is 0 Å². The van der Waals surface area contributed by atoms with Crippen LogP contribution in [-0.2, 0) is 17.0 Å². The number of benzene rings is 1. The van der Waals surface area contributed by atoms with Crippen molar-refractivity contribution in [3.63, 3.8) is 0 Å². The van der Waals surface area contributed by atoms with E-state index in [4.69, 9.17) is 4.55 Å². The van der Waals surface area contributed by atoms with Crippen LogP contribution in [0.25, 0.3) is 0 Å². The Balaban J connectivity index is 2.87. The molecule has 0 heterocycles. The topological polar surface area (TPSA) is 37.3 Å². The molecule has 0 bridgehead atoms. The van der Waals surface area contributed by atoms with Crippen LogP contribution in [0.15, 0.2) is 30.3 Å². The lowest BCUT2D eigenvalue weighted by molar-refractivity contribution is 0.0211. The van der Waals surface area contributed by atoms with E-state index in [0.29, 0.717) is 0 Å². The van der Waals surface area contributed by atoms with Crippen LogP contribution < -0.4 is 0 Å². The second kappa shape index (κ2) is 3.93. The summed E-state index contributed by atoms with van der Waals surface area (Å²) < 4.78 is 44.7. The molecule has 0 saturated heterocycles. The molecule has 0 amide bonds. The number of halogens is 2. The largest absolute Gasteiger partial charge is 0.306 e. The monoisotopic (exact) mass is 206 g/mol. The van der Waals surface area contributed by atoms with Gasteiger partial charge >= 0.3 is 0 Å². The normalized spacial score (nSPS) is 14.1. The van der Waals surface area contributed by atoms with E-state index in [1.54, 1.807) is 6.07 Å². The minimum Gasteiger partial charge on any atom is -0.306 e. The average molecular weight is 206 g/mol. The van der Waals surface area contributed by atoms with E-state index in [-0.39, 0.29) is 5.56 Å². The first-order valence-electron chi connectivity index (χ1n) is 3.53. The zero-order chi connectivity index (χ0) is 9.90. The van der Waals surface area contributed by atoms with E-state index < -0.39 is 22.8 Å². The number of hydrogen-bond donors (Lipinski definition) is 1. The predicted octanol–water partition coefficient (Wildman–Crippen LogP) is 2.00. The van der Waals surface area contributed by atoms with Crippen LogP contribution in [0.2, 0.25) is 0 Å². The summed E-state index contributed by atoms with van der Waals surface area (Å²) in [6.07, 6.45) is 0. The SMILES string of the molecule is O=S(O)CC(F)(F)c1ccccc1. The van der Waals surface area contributed by atoms with E-state index >= 15 is 0 Å². The molecule has 13 heavy (non-hydrogen) atoms. The maximum atomic E-state index is 13.1. The van der Waals surface area contributed by atoms with Gasteiger partial charge in [0.05, 0.1) is 0 Å². The van der Waals surface area contributed by atoms with Gasteiger partial charge in [0.2, 0.25) is 0 Å². The molecule has 5 heteroatoms. The van der Waals surface area contributed by atoms with Gasteiger partial charge in [0.25, 0.3) is 5.92 Å². The van der Waals surface area contributed by atoms with Crippen molar-refractivity contribution in [1.82, 2.24) is 0 Å². The predicted molar refractivity (Wildman–Crippen MR) is 46.0 cm³/mol. The summed E-state index contributed by atoms with van der Waals surface area (Å²) in [5, 5.41) is 0. The molecule has 1 unspecified atom stereocenters. The third-order valence-electron chi connectivity index (χ3n) is 1.50. The smallest absolute Gasteiger partial charge is 0.286 e. The first-order valence-corrected chi connectivity index (χ1v) is 4.81. The van der Waals surface area contributed by atoms with Gasteiger partial charge in [0, 0.05) is 5.56 Å². The van der Waals surface area contributed by atoms with Crippen LogP contribution >= 0.6 is 0 Å². The molecule has 0 saturated carbocycles. The molecular weight excluding hydrogens is 198 g/mol. The van der Waals surface area contributed by atoms with Gasteiger partial charge in [0.1, 0.15) is 5.75 Å². The van der Waals surface area contributed by atoms with E-state index in [9.17, 15) is 13.0 Å². The Bertz CT molecular complexity index is 300. The molecule has 72 valence electrons. The average Bonchev–Trinajstić information content (AvgIpc) is 2.04. The Morgan fingerprint density at radius 3 is 2.31 bits per heavy atom. The number of alkyl halides is 2. The Morgan fingerprint density at radius 2 is 1.85 bits per heavy atom. The maximum Gasteiger partial charge on any atom is 0.286 e. The second-order valence-electron chi connectivity index (χ2n) is 2.54. The highest BCUT2D eigenvalue weighted by atomic mass is 32.2. The molecule has 1 aromatic rings. The fraction of sp³-hybridized carbons (Fsp3) is 0.250. The van der Waals surface area contributed by atoms with Crippen molar-refractivity contribution >= 4 is 11.1 Å². The Hall–Kier alpha value is -0.810. The minimum atomic E-state index is -3.24. The van der Waals surface area contributed by atoms with Gasteiger partial charge in [-0.25, -0.2) is 13.0 Å². The van der Waals surface area contributed by atoms with Gasteiger partial charge in [-0.05, 0) is 0 Å². The molecule has 0 fully saturated rings. The van der Waals surface area contributed by atoms with Crippen LogP contribution in [0.4, 0.5) is 8.78 Å². The van der Waals surface area contributed by atoms with E-state index in [1.807, 2.05) is 0 Å². The Morgan fingerprint density at radius 1 is 1.31 bits per heavy atom.